The molecule has 1 amide bonds. The second kappa shape index (κ2) is 9.87. The van der Waals surface area contributed by atoms with Gasteiger partial charge in [0.2, 0.25) is 0 Å². The lowest BCUT2D eigenvalue weighted by Crippen LogP contribution is -2.32. The second-order valence-electron chi connectivity index (χ2n) is 5.03. The van der Waals surface area contributed by atoms with E-state index >= 15 is 0 Å². The maximum Gasteiger partial charge on any atom is 0.253 e. The Labute approximate surface area is 143 Å². The molecule has 1 unspecified atom stereocenters. The van der Waals surface area contributed by atoms with Crippen LogP contribution in [0.25, 0.3) is 0 Å². The van der Waals surface area contributed by atoms with Gasteiger partial charge in [0, 0.05) is 18.8 Å². The SMILES string of the molecule is CCOC(C(=O)NCCc1ccc(N)cc1)c1ccccc1.Cl. The van der Waals surface area contributed by atoms with Gasteiger partial charge in [0.25, 0.3) is 5.91 Å². The summed E-state index contributed by atoms with van der Waals surface area (Å²) in [5.41, 5.74) is 8.41. The van der Waals surface area contributed by atoms with Gasteiger partial charge in [-0.2, -0.15) is 0 Å². The summed E-state index contributed by atoms with van der Waals surface area (Å²) < 4.78 is 5.58. The van der Waals surface area contributed by atoms with E-state index in [0.29, 0.717) is 13.2 Å². The minimum absolute atomic E-state index is 0. The second-order valence-corrected chi connectivity index (χ2v) is 5.03. The van der Waals surface area contributed by atoms with Gasteiger partial charge >= 0.3 is 0 Å². The molecule has 2 rings (SSSR count). The van der Waals surface area contributed by atoms with Crippen molar-refractivity contribution < 1.29 is 9.53 Å². The third-order valence-electron chi connectivity index (χ3n) is 3.37. The number of benzene rings is 2. The molecule has 3 N–H and O–H groups in total. The van der Waals surface area contributed by atoms with Crippen LogP contribution in [0.4, 0.5) is 5.69 Å². The van der Waals surface area contributed by atoms with Gasteiger partial charge in [0.1, 0.15) is 0 Å². The summed E-state index contributed by atoms with van der Waals surface area (Å²) in [4.78, 5) is 12.3. The highest BCUT2D eigenvalue weighted by Gasteiger charge is 2.19. The highest BCUT2D eigenvalue weighted by atomic mass is 35.5. The topological polar surface area (TPSA) is 64.3 Å². The van der Waals surface area contributed by atoms with Crippen molar-refractivity contribution in [1.29, 1.82) is 0 Å². The molecule has 0 fully saturated rings. The van der Waals surface area contributed by atoms with Gasteiger partial charge in [-0.1, -0.05) is 42.5 Å². The fourth-order valence-corrected chi connectivity index (χ4v) is 2.22. The zero-order valence-electron chi connectivity index (χ0n) is 13.2. The van der Waals surface area contributed by atoms with Gasteiger partial charge in [0.15, 0.2) is 6.10 Å². The molecule has 5 heteroatoms. The first-order chi connectivity index (χ1) is 10.7. The summed E-state index contributed by atoms with van der Waals surface area (Å²) in [6.45, 7) is 2.95. The van der Waals surface area contributed by atoms with Crippen LogP contribution in [0.2, 0.25) is 0 Å². The number of carbonyl (C=O) groups is 1. The maximum atomic E-state index is 12.3. The van der Waals surface area contributed by atoms with E-state index in [-0.39, 0.29) is 18.3 Å². The summed E-state index contributed by atoms with van der Waals surface area (Å²) in [5, 5.41) is 2.93. The first-order valence-corrected chi connectivity index (χ1v) is 7.49. The summed E-state index contributed by atoms with van der Waals surface area (Å²) in [7, 11) is 0. The molecule has 0 aliphatic heterocycles. The fourth-order valence-electron chi connectivity index (χ4n) is 2.22. The average molecular weight is 335 g/mol. The van der Waals surface area contributed by atoms with E-state index in [9.17, 15) is 4.79 Å². The van der Waals surface area contributed by atoms with E-state index < -0.39 is 6.10 Å². The monoisotopic (exact) mass is 334 g/mol. The number of nitrogen functional groups attached to an aromatic ring is 1. The van der Waals surface area contributed by atoms with Crippen molar-refractivity contribution in [3.8, 4) is 0 Å². The largest absolute Gasteiger partial charge is 0.399 e. The van der Waals surface area contributed by atoms with E-state index in [0.717, 1.165) is 23.2 Å². The number of rotatable bonds is 7. The molecule has 0 radical (unpaired) electrons. The molecule has 4 nitrogen and oxygen atoms in total. The average Bonchev–Trinajstić information content (AvgIpc) is 2.55. The maximum absolute atomic E-state index is 12.3. The molecule has 0 saturated heterocycles. The van der Waals surface area contributed by atoms with Gasteiger partial charge in [-0.05, 0) is 36.6 Å². The van der Waals surface area contributed by atoms with Crippen LogP contribution in [-0.4, -0.2) is 19.1 Å². The predicted molar refractivity (Wildman–Crippen MR) is 95.6 cm³/mol. The number of amides is 1. The number of ether oxygens (including phenoxy) is 1. The predicted octanol–water partition coefficient (Wildman–Crippen LogP) is 3.13. The Bertz CT molecular complexity index is 588. The third-order valence-corrected chi connectivity index (χ3v) is 3.37. The molecular weight excluding hydrogens is 312 g/mol. The molecule has 23 heavy (non-hydrogen) atoms. The lowest BCUT2D eigenvalue weighted by atomic mass is 10.1. The zero-order valence-corrected chi connectivity index (χ0v) is 14.0. The Morgan fingerprint density at radius 2 is 1.78 bits per heavy atom. The van der Waals surface area contributed by atoms with Crippen molar-refractivity contribution in [3.63, 3.8) is 0 Å². The number of nitrogens with two attached hydrogens (primary N) is 1. The van der Waals surface area contributed by atoms with Gasteiger partial charge in [0.05, 0.1) is 0 Å². The molecule has 2 aromatic rings. The molecule has 124 valence electrons. The first kappa shape index (κ1) is 19.0. The van der Waals surface area contributed by atoms with E-state index in [2.05, 4.69) is 5.32 Å². The van der Waals surface area contributed by atoms with Crippen molar-refractivity contribution in [2.24, 2.45) is 0 Å². The molecule has 2 aromatic carbocycles. The minimum Gasteiger partial charge on any atom is -0.399 e. The Balaban J connectivity index is 0.00000264. The number of halogens is 1. The summed E-state index contributed by atoms with van der Waals surface area (Å²) >= 11 is 0. The molecular formula is C18H23ClN2O2. The van der Waals surface area contributed by atoms with Crippen molar-refractivity contribution >= 4 is 24.0 Å². The molecule has 1 atom stereocenters. The van der Waals surface area contributed by atoms with Crippen LogP contribution in [0.5, 0.6) is 0 Å². The highest BCUT2D eigenvalue weighted by molar-refractivity contribution is 5.85. The Hall–Kier alpha value is -2.04. The van der Waals surface area contributed by atoms with Crippen molar-refractivity contribution in [2.75, 3.05) is 18.9 Å². The molecule has 0 aliphatic rings. The van der Waals surface area contributed by atoms with Crippen LogP contribution in [0.3, 0.4) is 0 Å². The molecule has 0 heterocycles. The van der Waals surface area contributed by atoms with Crippen molar-refractivity contribution in [1.82, 2.24) is 5.32 Å². The van der Waals surface area contributed by atoms with E-state index in [1.165, 1.54) is 0 Å². The number of anilines is 1. The van der Waals surface area contributed by atoms with Gasteiger partial charge < -0.3 is 15.8 Å². The van der Waals surface area contributed by atoms with Crippen LogP contribution in [0.1, 0.15) is 24.2 Å². The van der Waals surface area contributed by atoms with Crippen LogP contribution in [-0.2, 0) is 16.0 Å². The van der Waals surface area contributed by atoms with Gasteiger partial charge in [-0.25, -0.2) is 0 Å². The lowest BCUT2D eigenvalue weighted by molar-refractivity contribution is -0.132. The summed E-state index contributed by atoms with van der Waals surface area (Å²) in [6, 6.07) is 17.2. The smallest absolute Gasteiger partial charge is 0.253 e. The molecule has 0 spiro atoms. The molecule has 0 aromatic heterocycles. The highest BCUT2D eigenvalue weighted by Crippen LogP contribution is 2.17. The summed E-state index contributed by atoms with van der Waals surface area (Å²) in [5.74, 6) is -0.108. The van der Waals surface area contributed by atoms with Gasteiger partial charge in [-0.15, -0.1) is 12.4 Å². The Kier molecular flexibility index (Phi) is 8.16. The zero-order chi connectivity index (χ0) is 15.8. The normalized spacial score (nSPS) is 11.3. The lowest BCUT2D eigenvalue weighted by Gasteiger charge is -2.17. The van der Waals surface area contributed by atoms with E-state index in [4.69, 9.17) is 10.5 Å². The van der Waals surface area contributed by atoms with Crippen molar-refractivity contribution in [2.45, 2.75) is 19.4 Å². The summed E-state index contributed by atoms with van der Waals surface area (Å²) in [6.07, 6.45) is 0.206. The van der Waals surface area contributed by atoms with Crippen LogP contribution >= 0.6 is 12.4 Å². The van der Waals surface area contributed by atoms with Gasteiger partial charge in [-0.3, -0.25) is 4.79 Å². The first-order valence-electron chi connectivity index (χ1n) is 7.49. The molecule has 0 bridgehead atoms. The number of hydrogen-bond acceptors (Lipinski definition) is 3. The van der Waals surface area contributed by atoms with Crippen LogP contribution in [0, 0.1) is 0 Å². The number of carbonyl (C=O) groups excluding carboxylic acids is 1. The van der Waals surface area contributed by atoms with Crippen LogP contribution in [0.15, 0.2) is 54.6 Å². The van der Waals surface area contributed by atoms with Crippen molar-refractivity contribution in [3.05, 3.63) is 65.7 Å². The standard InChI is InChI=1S/C18H22N2O2.ClH/c1-2-22-17(15-6-4-3-5-7-15)18(21)20-13-12-14-8-10-16(19)11-9-14;/h3-11,17H,2,12-13,19H2,1H3,(H,20,21);1H. The minimum atomic E-state index is -0.558. The third kappa shape index (κ3) is 5.93. The van der Waals surface area contributed by atoms with E-state index in [1.807, 2.05) is 61.5 Å². The van der Waals surface area contributed by atoms with E-state index in [1.54, 1.807) is 0 Å². The van der Waals surface area contributed by atoms with Crippen LogP contribution < -0.4 is 11.1 Å². The fraction of sp³-hybridized carbons (Fsp3) is 0.278. The number of nitrogens with one attached hydrogen (secondary N) is 1. The Morgan fingerprint density at radius 3 is 2.39 bits per heavy atom. The molecule has 0 aliphatic carbocycles. The molecule has 0 saturated carbocycles. The Morgan fingerprint density at radius 1 is 1.13 bits per heavy atom. The number of hydrogen-bond donors (Lipinski definition) is 2. The quantitative estimate of drug-likeness (QED) is 0.765.